The second kappa shape index (κ2) is 22.6. The second-order valence-electron chi connectivity index (χ2n) is 16.2. The van der Waals surface area contributed by atoms with Crippen molar-refractivity contribution in [3.8, 4) is 6.07 Å². The van der Waals surface area contributed by atoms with Gasteiger partial charge in [0.2, 0.25) is 23.6 Å². The minimum Gasteiger partial charge on any atom is -0.379 e. The summed E-state index contributed by atoms with van der Waals surface area (Å²) < 4.78 is 11.9. The second-order valence-corrected chi connectivity index (χ2v) is 16.2. The first-order valence-corrected chi connectivity index (χ1v) is 19.8. The topological polar surface area (TPSA) is 187 Å². The molecule has 15 nitrogen and oxygen atoms in total. The number of rotatable bonds is 22. The monoisotopic (exact) mass is 786 g/mol. The Kier molecular flexibility index (Phi) is 19.4. The molecule has 9 atom stereocenters. The van der Waals surface area contributed by atoms with E-state index >= 15 is 0 Å². The van der Waals surface area contributed by atoms with Crippen LogP contribution in [0.4, 0.5) is 5.69 Å². The quantitative estimate of drug-likeness (QED) is 0.128. The molecule has 1 heterocycles. The minimum absolute atomic E-state index is 0.00161. The third-order valence-corrected chi connectivity index (χ3v) is 11.2. The van der Waals surface area contributed by atoms with E-state index in [4.69, 9.17) is 9.47 Å². The molecule has 56 heavy (non-hydrogen) atoms. The number of methoxy groups -OCH3 is 2. The Bertz CT molecular complexity index is 1510. The predicted molar refractivity (Wildman–Crippen MR) is 214 cm³/mol. The number of benzene rings is 1. The van der Waals surface area contributed by atoms with E-state index in [2.05, 4.69) is 16.7 Å². The SMILES string of the molecule is CC[C@H](C)[C@@H]([C@@H](CC(=O)N1CCC[C@H]1[C@H](OC)[C@@H](C)C(=O)N[C@H](CC#N)Cc1cccc([N+](=O)[O-])c1)OC)N(C)C(=O)[C@@H](NC(=O)[C@@H](C(C)C)N(C)C)C(C)C. The molecule has 0 radical (unpaired) electrons. The van der Waals surface area contributed by atoms with Crippen LogP contribution in [0.5, 0.6) is 0 Å². The van der Waals surface area contributed by atoms with Gasteiger partial charge in [-0.05, 0) is 56.7 Å². The fourth-order valence-corrected chi connectivity index (χ4v) is 8.11. The number of carbonyl (C=O) groups is 4. The molecule has 1 aliphatic rings. The molecule has 0 unspecified atom stereocenters. The van der Waals surface area contributed by atoms with Crippen LogP contribution in [-0.4, -0.2) is 128 Å². The summed E-state index contributed by atoms with van der Waals surface area (Å²) in [6.45, 7) is 14.0. The number of nitriles is 1. The highest BCUT2D eigenvalue weighted by molar-refractivity contribution is 5.90. The standard InChI is InChI=1S/C41H67N7O8/c1-13-27(6)37(46(10)41(52)35(25(2)3)44-40(51)36(26(4)5)45(8)9)33(55-11)24-34(49)47-21-15-18-32(47)38(56-12)28(7)39(50)43-30(19-20-42)22-29-16-14-17-31(23-29)48(53)54/h14,16-17,23,25-28,30,32-33,35-38H,13,15,18-19,21-22,24H2,1-12H3,(H,43,50)(H,44,51)/t27-,28+,30+,32-,33+,35-,36+,37-,38+/m0/s1. The number of likely N-dealkylation sites (N-methyl/N-ethyl adjacent to an activating group) is 2. The zero-order chi connectivity index (χ0) is 42.4. The number of ether oxygens (including phenoxy) is 2. The fraction of sp³-hybridized carbons (Fsp3) is 0.732. The first kappa shape index (κ1) is 48.0. The van der Waals surface area contributed by atoms with E-state index < -0.39 is 53.3 Å². The number of hydrogen-bond donors (Lipinski definition) is 2. The van der Waals surface area contributed by atoms with Gasteiger partial charge in [-0.15, -0.1) is 0 Å². The van der Waals surface area contributed by atoms with Gasteiger partial charge in [0.1, 0.15) is 6.04 Å². The smallest absolute Gasteiger partial charge is 0.269 e. The maximum Gasteiger partial charge on any atom is 0.269 e. The highest BCUT2D eigenvalue weighted by Gasteiger charge is 2.43. The van der Waals surface area contributed by atoms with Crippen molar-refractivity contribution >= 4 is 29.3 Å². The average Bonchev–Trinajstić information content (AvgIpc) is 3.62. The number of amides is 4. The minimum atomic E-state index is -0.787. The molecule has 0 saturated carbocycles. The molecule has 0 bridgehead atoms. The highest BCUT2D eigenvalue weighted by atomic mass is 16.6. The summed E-state index contributed by atoms with van der Waals surface area (Å²) in [5.74, 6) is -1.94. The molecule has 314 valence electrons. The Balaban J connectivity index is 2.28. The molecule has 0 aliphatic carbocycles. The summed E-state index contributed by atoms with van der Waals surface area (Å²) in [7, 11) is 8.44. The molecule has 2 N–H and O–H groups in total. The Morgan fingerprint density at radius 3 is 2.20 bits per heavy atom. The number of nitro benzene ring substituents is 1. The molecule has 1 aromatic rings. The lowest BCUT2D eigenvalue weighted by atomic mass is 9.89. The number of nitrogens with one attached hydrogen (secondary N) is 2. The third-order valence-electron chi connectivity index (χ3n) is 11.2. The molecule has 1 saturated heterocycles. The van der Waals surface area contributed by atoms with E-state index in [1.54, 1.807) is 35.9 Å². The number of carbonyl (C=O) groups excluding carboxylic acids is 4. The van der Waals surface area contributed by atoms with Crippen LogP contribution in [0.1, 0.15) is 86.1 Å². The molecule has 1 aliphatic heterocycles. The first-order chi connectivity index (χ1) is 26.3. The molecule has 0 aromatic heterocycles. The van der Waals surface area contributed by atoms with Gasteiger partial charge in [-0.1, -0.05) is 67.0 Å². The summed E-state index contributed by atoms with van der Waals surface area (Å²) in [5.41, 5.74) is 0.545. The zero-order valence-corrected chi connectivity index (χ0v) is 35.6. The third kappa shape index (κ3) is 12.7. The van der Waals surface area contributed by atoms with Gasteiger partial charge in [-0.25, -0.2) is 0 Å². The molecular weight excluding hydrogens is 718 g/mol. The average molecular weight is 786 g/mol. The molecule has 1 aromatic carbocycles. The Morgan fingerprint density at radius 2 is 1.68 bits per heavy atom. The molecule has 15 heteroatoms. The van der Waals surface area contributed by atoms with Crippen molar-refractivity contribution in [1.29, 1.82) is 5.26 Å². The van der Waals surface area contributed by atoms with E-state index in [0.29, 0.717) is 31.4 Å². The highest BCUT2D eigenvalue weighted by Crippen LogP contribution is 2.30. The Hall–Kier alpha value is -4.13. The molecule has 0 spiro atoms. The van der Waals surface area contributed by atoms with Crippen LogP contribution < -0.4 is 10.6 Å². The van der Waals surface area contributed by atoms with Gasteiger partial charge in [0.05, 0.1) is 60.1 Å². The van der Waals surface area contributed by atoms with E-state index in [9.17, 15) is 34.6 Å². The lowest BCUT2D eigenvalue weighted by molar-refractivity contribution is -0.384. The van der Waals surface area contributed by atoms with Crippen LogP contribution in [-0.2, 0) is 35.1 Å². The van der Waals surface area contributed by atoms with Crippen molar-refractivity contribution < 1.29 is 33.6 Å². The van der Waals surface area contributed by atoms with Gasteiger partial charge in [0.15, 0.2) is 0 Å². The van der Waals surface area contributed by atoms with Crippen LogP contribution in [0.25, 0.3) is 0 Å². The number of non-ortho nitro benzene ring substituents is 1. The van der Waals surface area contributed by atoms with Crippen LogP contribution in [0.2, 0.25) is 0 Å². The maximum atomic E-state index is 14.2. The van der Waals surface area contributed by atoms with Gasteiger partial charge in [0, 0.05) is 46.0 Å². The number of nitrogens with zero attached hydrogens (tertiary/aromatic N) is 5. The van der Waals surface area contributed by atoms with Gasteiger partial charge in [0.25, 0.3) is 5.69 Å². The van der Waals surface area contributed by atoms with Crippen molar-refractivity contribution in [2.24, 2.45) is 23.7 Å². The predicted octanol–water partition coefficient (Wildman–Crippen LogP) is 4.18. The lowest BCUT2D eigenvalue weighted by Crippen LogP contribution is -2.59. The molecule has 1 fully saturated rings. The normalized spacial score (nSPS) is 18.7. The van der Waals surface area contributed by atoms with Crippen LogP contribution >= 0.6 is 0 Å². The van der Waals surface area contributed by atoms with Crippen molar-refractivity contribution in [1.82, 2.24) is 25.3 Å². The molecule has 2 rings (SSSR count). The van der Waals surface area contributed by atoms with Crippen molar-refractivity contribution in [2.75, 3.05) is 41.9 Å². The summed E-state index contributed by atoms with van der Waals surface area (Å²) in [6, 6.07) is 5.50. The summed E-state index contributed by atoms with van der Waals surface area (Å²) in [5, 5.41) is 26.7. The Labute approximate surface area is 333 Å². The van der Waals surface area contributed by atoms with Crippen LogP contribution in [0.15, 0.2) is 24.3 Å². The number of nitro groups is 1. The van der Waals surface area contributed by atoms with Crippen molar-refractivity contribution in [2.45, 2.75) is 129 Å². The maximum absolute atomic E-state index is 14.2. The van der Waals surface area contributed by atoms with Crippen LogP contribution in [0, 0.1) is 45.1 Å². The van der Waals surface area contributed by atoms with Crippen LogP contribution in [0.3, 0.4) is 0 Å². The van der Waals surface area contributed by atoms with Gasteiger partial charge < -0.3 is 29.9 Å². The molecule has 4 amide bonds. The fourth-order valence-electron chi connectivity index (χ4n) is 8.11. The summed E-state index contributed by atoms with van der Waals surface area (Å²) in [6.07, 6.45) is 0.918. The van der Waals surface area contributed by atoms with Crippen molar-refractivity contribution in [3.05, 3.63) is 39.9 Å². The zero-order valence-electron chi connectivity index (χ0n) is 35.6. The summed E-state index contributed by atoms with van der Waals surface area (Å²) in [4.78, 5) is 71.6. The van der Waals surface area contributed by atoms with E-state index in [1.807, 2.05) is 60.5 Å². The van der Waals surface area contributed by atoms with E-state index in [-0.39, 0.29) is 66.3 Å². The van der Waals surface area contributed by atoms with E-state index in [1.165, 1.54) is 26.4 Å². The first-order valence-electron chi connectivity index (χ1n) is 19.8. The molecular formula is C41H67N7O8. The Morgan fingerprint density at radius 1 is 1.02 bits per heavy atom. The summed E-state index contributed by atoms with van der Waals surface area (Å²) >= 11 is 0. The number of likely N-dealkylation sites (tertiary alicyclic amines) is 1. The van der Waals surface area contributed by atoms with Crippen molar-refractivity contribution in [3.63, 3.8) is 0 Å². The largest absolute Gasteiger partial charge is 0.379 e. The van der Waals surface area contributed by atoms with E-state index in [0.717, 1.165) is 0 Å². The van der Waals surface area contributed by atoms with Gasteiger partial charge in [-0.2, -0.15) is 5.26 Å². The van der Waals surface area contributed by atoms with Gasteiger partial charge in [-0.3, -0.25) is 34.2 Å². The number of hydrogen-bond acceptors (Lipinski definition) is 10. The van der Waals surface area contributed by atoms with Gasteiger partial charge >= 0.3 is 0 Å². The lowest BCUT2D eigenvalue weighted by Gasteiger charge is -2.41.